The fraction of sp³-hybridized carbons (Fsp3) is 0.909. The minimum Gasteiger partial charge on any atom is -0.340 e. The van der Waals surface area contributed by atoms with E-state index in [9.17, 15) is 4.79 Å². The van der Waals surface area contributed by atoms with Crippen LogP contribution in [0.3, 0.4) is 0 Å². The van der Waals surface area contributed by atoms with E-state index in [1.54, 1.807) is 0 Å². The molecule has 0 radical (unpaired) electrons. The summed E-state index contributed by atoms with van der Waals surface area (Å²) in [6.45, 7) is 7.05. The van der Waals surface area contributed by atoms with Gasteiger partial charge in [-0.1, -0.05) is 0 Å². The number of hydrogen-bond acceptors (Lipinski definition) is 3. The summed E-state index contributed by atoms with van der Waals surface area (Å²) >= 11 is 5.96. The van der Waals surface area contributed by atoms with Crippen molar-refractivity contribution in [3.8, 4) is 0 Å². The Morgan fingerprint density at radius 1 is 1.25 bits per heavy atom. The van der Waals surface area contributed by atoms with Crippen LogP contribution in [0.15, 0.2) is 0 Å². The van der Waals surface area contributed by atoms with Crippen LogP contribution in [-0.2, 0) is 4.79 Å². The number of amides is 1. The van der Waals surface area contributed by atoms with Gasteiger partial charge in [-0.05, 0) is 7.05 Å². The molecule has 2 aliphatic rings. The van der Waals surface area contributed by atoms with E-state index in [1.165, 1.54) is 0 Å². The minimum absolute atomic E-state index is 0.0278. The molecule has 0 bridgehead atoms. The third-order valence-electron chi connectivity index (χ3n) is 3.45. The highest BCUT2D eigenvalue weighted by Gasteiger charge is 2.28. The van der Waals surface area contributed by atoms with Gasteiger partial charge in [-0.25, -0.2) is 0 Å². The summed E-state index contributed by atoms with van der Waals surface area (Å²) in [5, 5.41) is 0.0278. The highest BCUT2D eigenvalue weighted by atomic mass is 35.5. The van der Waals surface area contributed by atoms with E-state index in [0.717, 1.165) is 45.8 Å². The van der Waals surface area contributed by atoms with Gasteiger partial charge in [-0.15, -0.1) is 11.6 Å². The molecule has 1 atom stereocenters. The zero-order valence-electron chi connectivity index (χ0n) is 9.86. The van der Waals surface area contributed by atoms with Crippen LogP contribution in [0.25, 0.3) is 0 Å². The van der Waals surface area contributed by atoms with E-state index >= 15 is 0 Å². The Hall–Kier alpha value is -0.320. The van der Waals surface area contributed by atoms with Crippen LogP contribution in [0.2, 0.25) is 0 Å². The molecule has 0 aromatic heterocycles. The molecule has 1 amide bonds. The van der Waals surface area contributed by atoms with Crippen molar-refractivity contribution in [2.24, 2.45) is 0 Å². The highest BCUT2D eigenvalue weighted by Crippen LogP contribution is 2.15. The normalized spacial score (nSPS) is 29.0. The molecule has 1 unspecified atom stereocenters. The van der Waals surface area contributed by atoms with Gasteiger partial charge in [-0.2, -0.15) is 0 Å². The van der Waals surface area contributed by atoms with Crippen LogP contribution < -0.4 is 0 Å². The Morgan fingerprint density at radius 2 is 1.94 bits per heavy atom. The Bertz CT molecular complexity index is 254. The van der Waals surface area contributed by atoms with E-state index in [0.29, 0.717) is 6.42 Å². The summed E-state index contributed by atoms with van der Waals surface area (Å²) in [5.74, 6) is 0.217. The molecular weight excluding hydrogens is 226 g/mol. The molecule has 5 heteroatoms. The molecule has 2 rings (SSSR count). The minimum atomic E-state index is 0.0278. The van der Waals surface area contributed by atoms with Crippen LogP contribution in [0.5, 0.6) is 0 Å². The average Bonchev–Trinajstić information content (AvgIpc) is 2.57. The maximum absolute atomic E-state index is 11.5. The third-order valence-corrected chi connectivity index (χ3v) is 3.74. The summed E-state index contributed by atoms with van der Waals surface area (Å²) in [5.41, 5.74) is 0. The number of carbonyl (C=O) groups is 1. The van der Waals surface area contributed by atoms with E-state index < -0.39 is 0 Å². The van der Waals surface area contributed by atoms with Crippen molar-refractivity contribution < 1.29 is 4.79 Å². The Labute approximate surface area is 102 Å². The molecule has 2 heterocycles. The molecule has 2 fully saturated rings. The molecule has 2 saturated heterocycles. The lowest BCUT2D eigenvalue weighted by Gasteiger charge is -2.33. The summed E-state index contributed by atoms with van der Waals surface area (Å²) in [7, 11) is 2.15. The van der Waals surface area contributed by atoms with Crippen molar-refractivity contribution in [1.29, 1.82) is 0 Å². The molecule has 0 saturated carbocycles. The monoisotopic (exact) mass is 245 g/mol. The summed E-state index contributed by atoms with van der Waals surface area (Å²) in [6, 6.07) is 0. The second kappa shape index (κ2) is 5.34. The van der Waals surface area contributed by atoms with E-state index in [4.69, 9.17) is 11.6 Å². The smallest absolute Gasteiger partial charge is 0.224 e. The summed E-state index contributed by atoms with van der Waals surface area (Å²) in [4.78, 5) is 18.2. The molecule has 0 aromatic rings. The van der Waals surface area contributed by atoms with Crippen molar-refractivity contribution in [2.75, 3.05) is 52.9 Å². The van der Waals surface area contributed by atoms with E-state index in [1.807, 2.05) is 4.90 Å². The lowest BCUT2D eigenvalue weighted by Crippen LogP contribution is -2.47. The van der Waals surface area contributed by atoms with Gasteiger partial charge in [0.1, 0.15) is 0 Å². The zero-order valence-corrected chi connectivity index (χ0v) is 10.6. The number of likely N-dealkylation sites (tertiary alicyclic amines) is 1. The first-order valence-electron chi connectivity index (χ1n) is 5.98. The van der Waals surface area contributed by atoms with Crippen molar-refractivity contribution in [1.82, 2.24) is 14.7 Å². The predicted octanol–water partition coefficient (Wildman–Crippen LogP) is 0.0735. The quantitative estimate of drug-likeness (QED) is 0.659. The van der Waals surface area contributed by atoms with Gasteiger partial charge < -0.3 is 9.80 Å². The summed E-state index contributed by atoms with van der Waals surface area (Å²) in [6.07, 6.45) is 0.518. The van der Waals surface area contributed by atoms with Gasteiger partial charge in [0.05, 0.1) is 5.38 Å². The standard InChI is InChI=1S/C11H20ClN3O/c1-13-2-4-14(5-3-13)6-7-15-9-10(12)8-11(15)16/h10H,2-9H2,1H3. The van der Waals surface area contributed by atoms with Gasteiger partial charge in [0.15, 0.2) is 0 Å². The number of hydrogen-bond donors (Lipinski definition) is 0. The fourth-order valence-corrected chi connectivity index (χ4v) is 2.57. The fourth-order valence-electron chi connectivity index (χ4n) is 2.27. The van der Waals surface area contributed by atoms with Gasteiger partial charge in [0, 0.05) is 52.2 Å². The second-order valence-electron chi connectivity index (χ2n) is 4.79. The van der Waals surface area contributed by atoms with Crippen LogP contribution in [-0.4, -0.2) is 78.8 Å². The second-order valence-corrected chi connectivity index (χ2v) is 5.40. The predicted molar refractivity (Wildman–Crippen MR) is 64.8 cm³/mol. The van der Waals surface area contributed by atoms with Gasteiger partial charge >= 0.3 is 0 Å². The topological polar surface area (TPSA) is 26.8 Å². The third kappa shape index (κ3) is 3.09. The zero-order chi connectivity index (χ0) is 11.5. The molecule has 0 N–H and O–H groups in total. The average molecular weight is 246 g/mol. The Kier molecular flexibility index (Phi) is 4.05. The molecule has 0 aromatic carbocycles. The molecule has 2 aliphatic heterocycles. The number of halogens is 1. The number of rotatable bonds is 3. The van der Waals surface area contributed by atoms with Gasteiger partial charge in [-0.3, -0.25) is 9.69 Å². The lowest BCUT2D eigenvalue weighted by molar-refractivity contribution is -0.127. The van der Waals surface area contributed by atoms with Crippen LogP contribution in [0.4, 0.5) is 0 Å². The first-order valence-corrected chi connectivity index (χ1v) is 6.41. The van der Waals surface area contributed by atoms with Crippen molar-refractivity contribution in [3.05, 3.63) is 0 Å². The van der Waals surface area contributed by atoms with Crippen molar-refractivity contribution >= 4 is 17.5 Å². The Balaban J connectivity index is 1.69. The molecule has 4 nitrogen and oxygen atoms in total. The molecule has 0 aliphatic carbocycles. The highest BCUT2D eigenvalue weighted by molar-refractivity contribution is 6.22. The Morgan fingerprint density at radius 3 is 2.50 bits per heavy atom. The van der Waals surface area contributed by atoms with Crippen LogP contribution in [0, 0.1) is 0 Å². The number of alkyl halides is 1. The lowest BCUT2D eigenvalue weighted by atomic mass is 10.3. The van der Waals surface area contributed by atoms with Crippen LogP contribution in [0.1, 0.15) is 6.42 Å². The molecule has 16 heavy (non-hydrogen) atoms. The number of carbonyl (C=O) groups excluding carboxylic acids is 1. The maximum Gasteiger partial charge on any atom is 0.224 e. The van der Waals surface area contributed by atoms with E-state index in [2.05, 4.69) is 16.8 Å². The summed E-state index contributed by atoms with van der Waals surface area (Å²) < 4.78 is 0. The largest absolute Gasteiger partial charge is 0.340 e. The molecule has 92 valence electrons. The number of nitrogens with zero attached hydrogens (tertiary/aromatic N) is 3. The van der Waals surface area contributed by atoms with Gasteiger partial charge in [0.2, 0.25) is 5.91 Å². The molecule has 0 spiro atoms. The first kappa shape index (κ1) is 12.1. The van der Waals surface area contributed by atoms with Crippen LogP contribution >= 0.6 is 11.6 Å². The maximum atomic E-state index is 11.5. The number of piperazine rings is 1. The van der Waals surface area contributed by atoms with Gasteiger partial charge in [0.25, 0.3) is 0 Å². The van der Waals surface area contributed by atoms with Crippen molar-refractivity contribution in [3.63, 3.8) is 0 Å². The van der Waals surface area contributed by atoms with Crippen molar-refractivity contribution in [2.45, 2.75) is 11.8 Å². The first-order chi connectivity index (χ1) is 7.65. The number of likely N-dealkylation sites (N-methyl/N-ethyl adjacent to an activating group) is 1. The molecular formula is C11H20ClN3O. The SMILES string of the molecule is CN1CCN(CCN2CC(Cl)CC2=O)CC1. The van der Waals surface area contributed by atoms with E-state index in [-0.39, 0.29) is 11.3 Å².